The Balaban J connectivity index is 0.00000272. The quantitative estimate of drug-likeness (QED) is 0.241. The number of aromatic nitrogens is 1. The van der Waals surface area contributed by atoms with Gasteiger partial charge in [0.2, 0.25) is 0 Å². The van der Waals surface area contributed by atoms with E-state index in [1.54, 1.807) is 19.2 Å². The highest BCUT2D eigenvalue weighted by Gasteiger charge is 2.27. The monoisotopic (exact) mass is 536 g/mol. The van der Waals surface area contributed by atoms with Crippen molar-refractivity contribution < 1.29 is 9.13 Å². The van der Waals surface area contributed by atoms with Crippen molar-refractivity contribution in [1.29, 1.82) is 0 Å². The Hall–Kier alpha value is -2.13. The molecule has 1 aliphatic rings. The first-order valence-electron chi connectivity index (χ1n) is 10.6. The molecule has 0 radical (unpaired) electrons. The largest absolute Gasteiger partial charge is 0.373 e. The molecule has 2 atom stereocenters. The summed E-state index contributed by atoms with van der Waals surface area (Å²) in [7, 11) is 1.78. The van der Waals surface area contributed by atoms with Gasteiger partial charge in [-0.25, -0.2) is 4.39 Å². The van der Waals surface area contributed by atoms with Gasteiger partial charge in [-0.1, -0.05) is 30.3 Å². The number of halogens is 2. The summed E-state index contributed by atoms with van der Waals surface area (Å²) in [4.78, 5) is 7.55. The topological polar surface area (TPSA) is 61.4 Å². The highest BCUT2D eigenvalue weighted by molar-refractivity contribution is 14.0. The fourth-order valence-electron chi connectivity index (χ4n) is 4.18. The Morgan fingerprint density at radius 1 is 1.19 bits per heavy atom. The molecule has 1 aliphatic heterocycles. The first-order valence-corrected chi connectivity index (χ1v) is 10.6. The zero-order valence-electron chi connectivity index (χ0n) is 17.7. The second kappa shape index (κ2) is 11.5. The lowest BCUT2D eigenvalue weighted by Crippen LogP contribution is -2.42. The van der Waals surface area contributed by atoms with Gasteiger partial charge in [0.15, 0.2) is 5.96 Å². The predicted octanol–water partition coefficient (Wildman–Crippen LogP) is 4.80. The molecule has 0 spiro atoms. The molecule has 0 aliphatic carbocycles. The van der Waals surface area contributed by atoms with Gasteiger partial charge >= 0.3 is 0 Å². The number of nitrogens with one attached hydrogen (secondary N) is 3. The number of hydrogen-bond donors (Lipinski definition) is 3. The summed E-state index contributed by atoms with van der Waals surface area (Å²) in [6.07, 6.45) is 5.06. The summed E-state index contributed by atoms with van der Waals surface area (Å²) >= 11 is 0. The summed E-state index contributed by atoms with van der Waals surface area (Å²) < 4.78 is 19.7. The van der Waals surface area contributed by atoms with E-state index in [0.29, 0.717) is 12.5 Å². The van der Waals surface area contributed by atoms with Crippen LogP contribution in [0.2, 0.25) is 0 Å². The van der Waals surface area contributed by atoms with Gasteiger partial charge in [-0.05, 0) is 48.6 Å². The number of guanidine groups is 1. The van der Waals surface area contributed by atoms with Crippen LogP contribution in [0.3, 0.4) is 0 Å². The minimum absolute atomic E-state index is 0. The molecule has 31 heavy (non-hydrogen) atoms. The number of nitrogens with zero attached hydrogens (tertiary/aromatic N) is 1. The third kappa shape index (κ3) is 5.98. The lowest BCUT2D eigenvalue weighted by molar-refractivity contribution is -0.0265. The number of aliphatic imine (C=N–C) groups is 1. The van der Waals surface area contributed by atoms with Crippen LogP contribution in [0.4, 0.5) is 4.39 Å². The maximum atomic E-state index is 13.6. The summed E-state index contributed by atoms with van der Waals surface area (Å²) in [5.74, 6) is 0.964. The fraction of sp³-hybridized carbons (Fsp3) is 0.375. The van der Waals surface area contributed by atoms with E-state index in [9.17, 15) is 4.39 Å². The number of ether oxygens (including phenoxy) is 1. The Labute approximate surface area is 199 Å². The average molecular weight is 536 g/mol. The van der Waals surface area contributed by atoms with Crippen molar-refractivity contribution in [3.63, 3.8) is 0 Å². The van der Waals surface area contributed by atoms with E-state index in [4.69, 9.17) is 4.74 Å². The van der Waals surface area contributed by atoms with E-state index in [0.717, 1.165) is 54.8 Å². The average Bonchev–Trinajstić information content (AvgIpc) is 3.19. The van der Waals surface area contributed by atoms with Crippen LogP contribution >= 0.6 is 24.0 Å². The van der Waals surface area contributed by atoms with Crippen LogP contribution in [0.5, 0.6) is 0 Å². The lowest BCUT2D eigenvalue weighted by Gasteiger charge is -2.32. The number of benzene rings is 2. The van der Waals surface area contributed by atoms with Crippen molar-refractivity contribution >= 4 is 40.8 Å². The zero-order chi connectivity index (χ0) is 20.8. The molecule has 7 heteroatoms. The highest BCUT2D eigenvalue weighted by atomic mass is 127. The third-order valence-electron chi connectivity index (χ3n) is 5.74. The lowest BCUT2D eigenvalue weighted by atomic mass is 9.89. The predicted molar refractivity (Wildman–Crippen MR) is 135 cm³/mol. The Kier molecular flexibility index (Phi) is 8.71. The molecule has 1 fully saturated rings. The molecular formula is C24H30FIN4O. The number of aromatic amines is 1. The zero-order valence-corrected chi connectivity index (χ0v) is 20.1. The van der Waals surface area contributed by atoms with E-state index >= 15 is 0 Å². The smallest absolute Gasteiger partial charge is 0.190 e. The standard InChI is InChI=1S/C24H29FN4O.HI/c1-26-24(27-12-11-18-15-28-22-10-9-20(25)14-21(18)22)29-16-19-8-5-13-30-23(19)17-6-3-2-4-7-17;/h2-4,6-7,9-10,14-15,19,23,28H,5,8,11-13,16H2,1H3,(H2,26,27,29);1H. The first kappa shape index (κ1) is 23.5. The molecule has 1 saturated heterocycles. The molecule has 0 saturated carbocycles. The van der Waals surface area contributed by atoms with Crippen LogP contribution in [0.1, 0.15) is 30.1 Å². The van der Waals surface area contributed by atoms with Crippen LogP contribution in [0, 0.1) is 11.7 Å². The first-order chi connectivity index (χ1) is 14.7. The van der Waals surface area contributed by atoms with Gasteiger partial charge in [-0.15, -0.1) is 24.0 Å². The number of hydrogen-bond acceptors (Lipinski definition) is 2. The molecular weight excluding hydrogens is 506 g/mol. The van der Waals surface area contributed by atoms with Crippen molar-refractivity contribution in [2.24, 2.45) is 10.9 Å². The Morgan fingerprint density at radius 2 is 2.03 bits per heavy atom. The third-order valence-corrected chi connectivity index (χ3v) is 5.74. The van der Waals surface area contributed by atoms with Crippen LogP contribution in [0.25, 0.3) is 10.9 Å². The molecule has 2 heterocycles. The van der Waals surface area contributed by atoms with Gasteiger partial charge in [0.25, 0.3) is 0 Å². The Bertz CT molecular complexity index is 992. The van der Waals surface area contributed by atoms with Crippen molar-refractivity contribution in [2.45, 2.75) is 25.4 Å². The number of fused-ring (bicyclic) bond motifs is 1. The SMILES string of the molecule is CN=C(NCCc1c[nH]c2ccc(F)cc12)NCC1CCCOC1c1ccccc1.I. The van der Waals surface area contributed by atoms with E-state index < -0.39 is 0 Å². The summed E-state index contributed by atoms with van der Waals surface area (Å²) in [5, 5.41) is 7.76. The van der Waals surface area contributed by atoms with Gasteiger partial charge in [0.05, 0.1) is 6.10 Å². The summed E-state index contributed by atoms with van der Waals surface area (Å²) in [6.45, 7) is 2.33. The van der Waals surface area contributed by atoms with Gasteiger partial charge in [0, 0.05) is 49.8 Å². The van der Waals surface area contributed by atoms with E-state index in [1.807, 2.05) is 12.3 Å². The normalized spacial score (nSPS) is 19.1. The van der Waals surface area contributed by atoms with Crippen molar-refractivity contribution in [3.05, 3.63) is 71.7 Å². The number of H-pyrrole nitrogens is 1. The maximum Gasteiger partial charge on any atom is 0.190 e. The molecule has 2 aromatic carbocycles. The van der Waals surface area contributed by atoms with Gasteiger partial charge < -0.3 is 20.4 Å². The molecule has 3 aromatic rings. The van der Waals surface area contributed by atoms with Crippen LogP contribution in [-0.2, 0) is 11.2 Å². The molecule has 166 valence electrons. The molecule has 4 rings (SSSR count). The van der Waals surface area contributed by atoms with Gasteiger partial charge in [-0.2, -0.15) is 0 Å². The number of rotatable bonds is 6. The van der Waals surface area contributed by atoms with Crippen LogP contribution in [-0.4, -0.2) is 37.7 Å². The van der Waals surface area contributed by atoms with Crippen molar-refractivity contribution in [3.8, 4) is 0 Å². The highest BCUT2D eigenvalue weighted by Crippen LogP contribution is 2.33. The van der Waals surface area contributed by atoms with Gasteiger partial charge in [0.1, 0.15) is 5.82 Å². The summed E-state index contributed by atoms with van der Waals surface area (Å²) in [6, 6.07) is 15.3. The van der Waals surface area contributed by atoms with E-state index in [2.05, 4.69) is 44.9 Å². The van der Waals surface area contributed by atoms with Crippen LogP contribution < -0.4 is 10.6 Å². The fourth-order valence-corrected chi connectivity index (χ4v) is 4.18. The van der Waals surface area contributed by atoms with Crippen molar-refractivity contribution in [2.75, 3.05) is 26.7 Å². The molecule has 0 amide bonds. The Morgan fingerprint density at radius 3 is 2.84 bits per heavy atom. The molecule has 1 aromatic heterocycles. The summed E-state index contributed by atoms with van der Waals surface area (Å²) in [5.41, 5.74) is 3.29. The maximum absolute atomic E-state index is 13.6. The van der Waals surface area contributed by atoms with Gasteiger partial charge in [-0.3, -0.25) is 4.99 Å². The minimum atomic E-state index is -0.212. The second-order valence-corrected chi connectivity index (χ2v) is 7.74. The minimum Gasteiger partial charge on any atom is -0.373 e. The molecule has 3 N–H and O–H groups in total. The second-order valence-electron chi connectivity index (χ2n) is 7.74. The van der Waals surface area contributed by atoms with E-state index in [-0.39, 0.29) is 35.9 Å². The van der Waals surface area contributed by atoms with E-state index in [1.165, 1.54) is 11.6 Å². The van der Waals surface area contributed by atoms with Crippen molar-refractivity contribution in [1.82, 2.24) is 15.6 Å². The molecule has 2 unspecified atom stereocenters. The molecule has 0 bridgehead atoms. The molecule has 5 nitrogen and oxygen atoms in total. The van der Waals surface area contributed by atoms with Crippen LogP contribution in [0.15, 0.2) is 59.7 Å².